The van der Waals surface area contributed by atoms with Crippen molar-refractivity contribution in [3.05, 3.63) is 0 Å². The van der Waals surface area contributed by atoms with Gasteiger partial charge < -0.3 is 9.47 Å². The van der Waals surface area contributed by atoms with Crippen LogP contribution in [0.3, 0.4) is 0 Å². The van der Waals surface area contributed by atoms with Gasteiger partial charge in [0.2, 0.25) is 0 Å². The largest absolute Gasteiger partial charge is 0.465 e. The average Bonchev–Trinajstić information content (AvgIpc) is 2.94. The quantitative estimate of drug-likeness (QED) is 0.0656. The van der Waals surface area contributed by atoms with Gasteiger partial charge in [0.25, 0.3) is 0 Å². The molecule has 0 heterocycles. The monoisotopic (exact) mass is 553 g/mol. The lowest BCUT2D eigenvalue weighted by molar-refractivity contribution is -0.146. The van der Waals surface area contributed by atoms with Crippen molar-refractivity contribution in [1.29, 1.82) is 0 Å². The maximum absolute atomic E-state index is 11.9. The Labute approximate surface area is 244 Å². The highest BCUT2D eigenvalue weighted by atomic mass is 16.5. The van der Waals surface area contributed by atoms with E-state index in [2.05, 4.69) is 27.7 Å². The summed E-state index contributed by atoms with van der Waals surface area (Å²) >= 11 is 0. The summed E-state index contributed by atoms with van der Waals surface area (Å²) in [7, 11) is 0. The summed E-state index contributed by atoms with van der Waals surface area (Å²) in [6.07, 6.45) is 29.5. The molecule has 0 spiro atoms. The standard InChI is InChI=1S/C35H68O4/c1-5-9-26-32(7-3)30-38-34(36)28-24-22-20-18-16-14-12-11-13-15-17-19-21-23-25-29-35(37)39-31-33(8-4)27-10-6-2/h32-33H,5-31H2,1-4H3. The van der Waals surface area contributed by atoms with Crippen molar-refractivity contribution in [2.75, 3.05) is 13.2 Å². The minimum Gasteiger partial charge on any atom is -0.465 e. The van der Waals surface area contributed by atoms with E-state index in [0.717, 1.165) is 38.5 Å². The van der Waals surface area contributed by atoms with E-state index in [1.165, 1.54) is 109 Å². The fourth-order valence-corrected chi connectivity index (χ4v) is 5.20. The lowest BCUT2D eigenvalue weighted by Gasteiger charge is -2.14. The Kier molecular flexibility index (Phi) is 29.1. The Morgan fingerprint density at radius 3 is 0.974 bits per heavy atom. The smallest absolute Gasteiger partial charge is 0.305 e. The summed E-state index contributed by atoms with van der Waals surface area (Å²) in [5, 5.41) is 0. The summed E-state index contributed by atoms with van der Waals surface area (Å²) in [6.45, 7) is 10.0. The van der Waals surface area contributed by atoms with Crippen LogP contribution < -0.4 is 0 Å². The molecule has 39 heavy (non-hydrogen) atoms. The molecule has 0 aliphatic carbocycles. The fraction of sp³-hybridized carbons (Fsp3) is 0.943. The zero-order valence-electron chi connectivity index (χ0n) is 26.9. The summed E-state index contributed by atoms with van der Waals surface area (Å²) in [5.74, 6) is 1.09. The van der Waals surface area contributed by atoms with Gasteiger partial charge in [-0.15, -0.1) is 0 Å². The zero-order chi connectivity index (χ0) is 28.8. The predicted octanol–water partition coefficient (Wildman–Crippen LogP) is 11.1. The van der Waals surface area contributed by atoms with Crippen LogP contribution in [0.15, 0.2) is 0 Å². The summed E-state index contributed by atoms with van der Waals surface area (Å²) in [4.78, 5) is 23.9. The van der Waals surface area contributed by atoms with Gasteiger partial charge in [-0.05, 0) is 37.5 Å². The molecule has 4 heteroatoms. The molecule has 4 nitrogen and oxygen atoms in total. The van der Waals surface area contributed by atoms with Crippen molar-refractivity contribution >= 4 is 11.9 Å². The van der Waals surface area contributed by atoms with Gasteiger partial charge in [-0.3, -0.25) is 9.59 Å². The summed E-state index contributed by atoms with van der Waals surface area (Å²) in [6, 6.07) is 0. The van der Waals surface area contributed by atoms with Crippen LogP contribution in [-0.4, -0.2) is 25.2 Å². The van der Waals surface area contributed by atoms with Crippen LogP contribution in [0.2, 0.25) is 0 Å². The maximum atomic E-state index is 11.9. The molecule has 0 aromatic carbocycles. The zero-order valence-corrected chi connectivity index (χ0v) is 26.9. The van der Waals surface area contributed by atoms with Crippen LogP contribution in [0.5, 0.6) is 0 Å². The first kappa shape index (κ1) is 37.9. The van der Waals surface area contributed by atoms with E-state index in [-0.39, 0.29) is 11.9 Å². The second-order valence-corrected chi connectivity index (χ2v) is 12.0. The van der Waals surface area contributed by atoms with Crippen molar-refractivity contribution < 1.29 is 19.1 Å². The molecule has 0 saturated carbocycles. The van der Waals surface area contributed by atoms with E-state index in [1.807, 2.05) is 0 Å². The molecule has 0 aromatic rings. The Hall–Kier alpha value is -1.06. The second-order valence-electron chi connectivity index (χ2n) is 12.0. The second kappa shape index (κ2) is 29.9. The molecular weight excluding hydrogens is 484 g/mol. The molecule has 2 atom stereocenters. The number of hydrogen-bond acceptors (Lipinski definition) is 4. The van der Waals surface area contributed by atoms with Gasteiger partial charge in [0.05, 0.1) is 13.2 Å². The molecule has 0 fully saturated rings. The fourth-order valence-electron chi connectivity index (χ4n) is 5.20. The lowest BCUT2D eigenvalue weighted by Crippen LogP contribution is -2.13. The Morgan fingerprint density at radius 2 is 0.718 bits per heavy atom. The first-order valence-corrected chi connectivity index (χ1v) is 17.4. The van der Waals surface area contributed by atoms with E-state index in [4.69, 9.17) is 9.47 Å². The van der Waals surface area contributed by atoms with Crippen LogP contribution in [0.1, 0.15) is 188 Å². The summed E-state index contributed by atoms with van der Waals surface area (Å²) in [5.41, 5.74) is 0. The molecule has 0 aliphatic rings. The molecule has 0 aliphatic heterocycles. The van der Waals surface area contributed by atoms with Crippen molar-refractivity contribution in [3.8, 4) is 0 Å². The molecule has 0 radical (unpaired) electrons. The Bertz CT molecular complexity index is 487. The van der Waals surface area contributed by atoms with Gasteiger partial charge in [-0.2, -0.15) is 0 Å². The molecule has 232 valence electrons. The van der Waals surface area contributed by atoms with Gasteiger partial charge in [-0.25, -0.2) is 0 Å². The number of carbonyl (C=O) groups excluding carboxylic acids is 2. The van der Waals surface area contributed by atoms with Gasteiger partial charge >= 0.3 is 11.9 Å². The van der Waals surface area contributed by atoms with Gasteiger partial charge in [-0.1, -0.05) is 150 Å². The number of hydrogen-bond donors (Lipinski definition) is 0. The third-order valence-corrected chi connectivity index (χ3v) is 8.31. The van der Waals surface area contributed by atoms with E-state index in [0.29, 0.717) is 37.9 Å². The first-order valence-electron chi connectivity index (χ1n) is 17.4. The molecule has 0 rings (SSSR count). The number of esters is 2. The van der Waals surface area contributed by atoms with Crippen molar-refractivity contribution in [1.82, 2.24) is 0 Å². The molecule has 0 aromatic heterocycles. The molecular formula is C35H68O4. The van der Waals surface area contributed by atoms with Gasteiger partial charge in [0.15, 0.2) is 0 Å². The Balaban J connectivity index is 3.35. The summed E-state index contributed by atoms with van der Waals surface area (Å²) < 4.78 is 11.0. The average molecular weight is 553 g/mol. The van der Waals surface area contributed by atoms with Crippen LogP contribution in [-0.2, 0) is 19.1 Å². The topological polar surface area (TPSA) is 52.6 Å². The molecule has 0 amide bonds. The van der Waals surface area contributed by atoms with E-state index < -0.39 is 0 Å². The third-order valence-electron chi connectivity index (χ3n) is 8.31. The van der Waals surface area contributed by atoms with Crippen LogP contribution in [0.25, 0.3) is 0 Å². The highest BCUT2D eigenvalue weighted by Gasteiger charge is 2.11. The lowest BCUT2D eigenvalue weighted by atomic mass is 10.0. The molecule has 0 bridgehead atoms. The van der Waals surface area contributed by atoms with Crippen LogP contribution in [0, 0.1) is 11.8 Å². The maximum Gasteiger partial charge on any atom is 0.305 e. The molecule has 0 saturated heterocycles. The minimum atomic E-state index is 0.00300. The van der Waals surface area contributed by atoms with E-state index >= 15 is 0 Å². The number of unbranched alkanes of at least 4 members (excludes halogenated alkanes) is 16. The predicted molar refractivity (Wildman–Crippen MR) is 167 cm³/mol. The van der Waals surface area contributed by atoms with Crippen molar-refractivity contribution in [2.24, 2.45) is 11.8 Å². The van der Waals surface area contributed by atoms with Crippen LogP contribution >= 0.6 is 0 Å². The molecule has 0 N–H and O–H groups in total. The van der Waals surface area contributed by atoms with E-state index in [1.54, 1.807) is 0 Å². The highest BCUT2D eigenvalue weighted by molar-refractivity contribution is 5.69. The third kappa shape index (κ3) is 26.9. The number of rotatable bonds is 30. The van der Waals surface area contributed by atoms with Crippen LogP contribution in [0.4, 0.5) is 0 Å². The Morgan fingerprint density at radius 1 is 0.436 bits per heavy atom. The molecule has 2 unspecified atom stereocenters. The minimum absolute atomic E-state index is 0.00300. The van der Waals surface area contributed by atoms with E-state index in [9.17, 15) is 9.59 Å². The SMILES string of the molecule is CCCCC(CC)COC(=O)CCCCCCCCCCCCCCCCCC(=O)OCC(CC)CCCC. The highest BCUT2D eigenvalue weighted by Crippen LogP contribution is 2.17. The number of ether oxygens (including phenoxy) is 2. The van der Waals surface area contributed by atoms with Gasteiger partial charge in [0.1, 0.15) is 0 Å². The van der Waals surface area contributed by atoms with Crippen molar-refractivity contribution in [2.45, 2.75) is 188 Å². The first-order chi connectivity index (χ1) is 19.1. The van der Waals surface area contributed by atoms with Crippen molar-refractivity contribution in [3.63, 3.8) is 0 Å². The number of carbonyl (C=O) groups is 2. The normalized spacial score (nSPS) is 12.8. The van der Waals surface area contributed by atoms with Gasteiger partial charge in [0, 0.05) is 12.8 Å².